The number of carbonyl (C=O) groups is 3. The summed E-state index contributed by atoms with van der Waals surface area (Å²) in [4.78, 5) is 40.7. The molecule has 48 heavy (non-hydrogen) atoms. The molecule has 0 bridgehead atoms. The monoisotopic (exact) mass is 681 g/mol. The average molecular weight is 682 g/mol. The molecule has 8 heteroatoms. The molecule has 2 N–H and O–H groups in total. The molecule has 0 fully saturated rings. The van der Waals surface area contributed by atoms with Crippen LogP contribution in [0.5, 0.6) is 5.75 Å². The predicted octanol–water partition coefficient (Wildman–Crippen LogP) is 8.57. The fourth-order valence-corrected chi connectivity index (χ4v) is 7.41. The third kappa shape index (κ3) is 16.1. The summed E-state index contributed by atoms with van der Waals surface area (Å²) in [5.74, 6) is 0.611. The molecule has 1 atom stereocenters. The minimum atomic E-state index is -0.288. The molecule has 0 spiro atoms. The number of hydrogen-bond donors (Lipinski definition) is 2. The van der Waals surface area contributed by atoms with Gasteiger partial charge >= 0.3 is 5.97 Å². The van der Waals surface area contributed by atoms with Gasteiger partial charge in [0.1, 0.15) is 5.75 Å². The van der Waals surface area contributed by atoms with E-state index in [1.165, 1.54) is 60.9 Å². The lowest BCUT2D eigenvalue weighted by molar-refractivity contribution is -0.134. The minimum absolute atomic E-state index is 0.0180. The number of carbonyl (C=O) groups excluding carboxylic acids is 3. The van der Waals surface area contributed by atoms with E-state index in [-0.39, 0.29) is 24.2 Å². The maximum absolute atomic E-state index is 12.7. The van der Waals surface area contributed by atoms with Crippen LogP contribution in [0.25, 0.3) is 0 Å². The lowest BCUT2D eigenvalue weighted by atomic mass is 9.86. The Morgan fingerprint density at radius 1 is 0.771 bits per heavy atom. The van der Waals surface area contributed by atoms with Crippen molar-refractivity contribution in [3.8, 4) is 5.75 Å². The highest BCUT2D eigenvalue weighted by atomic mass is 32.1. The van der Waals surface area contributed by atoms with Crippen molar-refractivity contribution >= 4 is 29.1 Å². The molecule has 2 aromatic rings. The summed E-state index contributed by atoms with van der Waals surface area (Å²) in [6, 6.07) is 11.0. The third-order valence-electron chi connectivity index (χ3n) is 9.42. The Morgan fingerprint density at radius 2 is 1.42 bits per heavy atom. The third-order valence-corrected chi connectivity index (χ3v) is 10.4. The van der Waals surface area contributed by atoms with Gasteiger partial charge < -0.3 is 15.4 Å². The molecule has 0 saturated carbocycles. The molecule has 0 radical (unpaired) electrons. The molecule has 268 valence electrons. The summed E-state index contributed by atoms with van der Waals surface area (Å²) in [6.07, 6.45) is 20.4. The number of rotatable bonds is 26. The van der Waals surface area contributed by atoms with Crippen LogP contribution in [0, 0.1) is 0 Å². The quantitative estimate of drug-likeness (QED) is 0.0590. The van der Waals surface area contributed by atoms with Crippen molar-refractivity contribution in [1.29, 1.82) is 0 Å². The Kier molecular flexibility index (Phi) is 20.2. The second-order valence-electron chi connectivity index (χ2n) is 13.5. The van der Waals surface area contributed by atoms with E-state index >= 15 is 0 Å². The van der Waals surface area contributed by atoms with Crippen LogP contribution < -0.4 is 15.4 Å². The number of amides is 2. The van der Waals surface area contributed by atoms with Crippen molar-refractivity contribution < 1.29 is 19.1 Å². The van der Waals surface area contributed by atoms with Crippen LogP contribution in [-0.4, -0.2) is 54.9 Å². The van der Waals surface area contributed by atoms with E-state index in [0.29, 0.717) is 31.2 Å². The first-order chi connectivity index (χ1) is 23.5. The van der Waals surface area contributed by atoms with E-state index in [2.05, 4.69) is 53.0 Å². The van der Waals surface area contributed by atoms with E-state index < -0.39 is 0 Å². The zero-order valence-electron chi connectivity index (χ0n) is 30.0. The van der Waals surface area contributed by atoms with Crippen molar-refractivity contribution in [2.45, 2.75) is 148 Å². The van der Waals surface area contributed by atoms with Gasteiger partial charge in [-0.1, -0.05) is 89.8 Å². The first kappa shape index (κ1) is 39.7. The van der Waals surface area contributed by atoms with Crippen LogP contribution in [-0.2, 0) is 33.6 Å². The lowest BCUT2D eigenvalue weighted by Gasteiger charge is -2.35. The molecule has 1 heterocycles. The zero-order chi connectivity index (χ0) is 34.2. The van der Waals surface area contributed by atoms with Gasteiger partial charge in [0.05, 0.1) is 6.42 Å². The summed E-state index contributed by atoms with van der Waals surface area (Å²) in [5.41, 5.74) is 2.46. The normalized spacial score (nSPS) is 14.1. The largest absolute Gasteiger partial charge is 0.426 e. The number of esters is 1. The molecule has 1 aliphatic carbocycles. The minimum Gasteiger partial charge on any atom is -0.426 e. The van der Waals surface area contributed by atoms with Crippen molar-refractivity contribution in [2.24, 2.45) is 0 Å². The Bertz CT molecular complexity index is 1190. The van der Waals surface area contributed by atoms with Crippen molar-refractivity contribution in [3.05, 3.63) is 51.7 Å². The highest BCUT2D eigenvalue weighted by Crippen LogP contribution is 2.32. The molecule has 1 aromatic heterocycles. The van der Waals surface area contributed by atoms with Gasteiger partial charge in [0, 0.05) is 43.4 Å². The van der Waals surface area contributed by atoms with Crippen LogP contribution in [0.1, 0.15) is 139 Å². The van der Waals surface area contributed by atoms with Gasteiger partial charge in [-0.2, -0.15) is 0 Å². The molecule has 0 unspecified atom stereocenters. The fraction of sp³-hybridized carbons (Fsp3) is 0.675. The summed E-state index contributed by atoms with van der Waals surface area (Å²) in [6.45, 7) is 7.62. The summed E-state index contributed by atoms with van der Waals surface area (Å²) >= 11 is 1.84. The van der Waals surface area contributed by atoms with E-state index in [0.717, 1.165) is 83.8 Å². The first-order valence-corrected chi connectivity index (χ1v) is 20.0. The van der Waals surface area contributed by atoms with Crippen molar-refractivity contribution in [2.75, 3.05) is 26.2 Å². The second-order valence-corrected chi connectivity index (χ2v) is 14.5. The van der Waals surface area contributed by atoms with Gasteiger partial charge in [-0.15, -0.1) is 11.3 Å². The molecule has 0 aliphatic heterocycles. The molecule has 1 aromatic carbocycles. The Morgan fingerprint density at radius 3 is 2.02 bits per heavy atom. The zero-order valence-corrected chi connectivity index (χ0v) is 30.8. The number of thiophene rings is 1. The topological polar surface area (TPSA) is 87.7 Å². The molecule has 2 amide bonds. The van der Waals surface area contributed by atoms with Gasteiger partial charge in [0.15, 0.2) is 0 Å². The number of unbranched alkanes of at least 4 members (excludes halogenated alkanes) is 10. The van der Waals surface area contributed by atoms with E-state index in [4.69, 9.17) is 4.74 Å². The Labute approximate surface area is 295 Å². The van der Waals surface area contributed by atoms with E-state index in [9.17, 15) is 14.4 Å². The Hall–Kier alpha value is -2.71. The van der Waals surface area contributed by atoms with E-state index in [1.54, 1.807) is 0 Å². The average Bonchev–Trinajstić information content (AvgIpc) is 3.61. The standard InChI is InChI=1S/C40H63N3O4S/c1-3-27-41-38(44)21-14-12-10-8-6-5-7-9-11-13-15-22-39(45)42-28-25-40(46)47-37-20-16-18-33-32-34(23-24-36(33)37)43(29-4-2)30-26-35-19-17-31-48-35/h16-20,31,34H,3-15,21-30,32H2,1-2H3,(H,41,44)(H,42,45)/t34-/m0/s1. The molecule has 7 nitrogen and oxygen atoms in total. The molecule has 3 rings (SSSR count). The molecular formula is C40H63N3O4S. The molecular weight excluding hydrogens is 619 g/mol. The highest BCUT2D eigenvalue weighted by molar-refractivity contribution is 7.09. The SMILES string of the molecule is CCCNC(=O)CCCCCCCCCCCCCC(=O)NCCC(=O)Oc1cccc2c1CC[C@H](N(CCC)CCc1cccs1)C2. The number of fused-ring (bicyclic) bond motifs is 1. The predicted molar refractivity (Wildman–Crippen MR) is 199 cm³/mol. The summed E-state index contributed by atoms with van der Waals surface area (Å²) in [5, 5.41) is 8.00. The fourth-order valence-electron chi connectivity index (χ4n) is 6.71. The number of nitrogens with one attached hydrogen (secondary N) is 2. The van der Waals surface area contributed by atoms with Gasteiger partial charge in [-0.05, 0) is 86.6 Å². The van der Waals surface area contributed by atoms with Crippen molar-refractivity contribution in [3.63, 3.8) is 0 Å². The number of ether oxygens (including phenoxy) is 1. The maximum Gasteiger partial charge on any atom is 0.312 e. The van der Waals surface area contributed by atoms with Gasteiger partial charge in [-0.3, -0.25) is 19.3 Å². The van der Waals surface area contributed by atoms with Crippen LogP contribution in [0.3, 0.4) is 0 Å². The smallest absolute Gasteiger partial charge is 0.312 e. The summed E-state index contributed by atoms with van der Waals surface area (Å²) in [7, 11) is 0. The number of hydrogen-bond acceptors (Lipinski definition) is 6. The second kappa shape index (κ2) is 24.4. The highest BCUT2D eigenvalue weighted by Gasteiger charge is 2.26. The Balaban J connectivity index is 1.20. The van der Waals surface area contributed by atoms with Crippen LogP contribution in [0.4, 0.5) is 0 Å². The van der Waals surface area contributed by atoms with E-state index in [1.807, 2.05) is 23.5 Å². The molecule has 1 aliphatic rings. The maximum atomic E-state index is 12.7. The number of nitrogens with zero attached hydrogens (tertiary/aromatic N) is 1. The molecule has 0 saturated heterocycles. The van der Waals surface area contributed by atoms with Crippen LogP contribution in [0.2, 0.25) is 0 Å². The van der Waals surface area contributed by atoms with Crippen molar-refractivity contribution in [1.82, 2.24) is 15.5 Å². The summed E-state index contributed by atoms with van der Waals surface area (Å²) < 4.78 is 5.82. The van der Waals surface area contributed by atoms with Gasteiger partial charge in [0.2, 0.25) is 11.8 Å². The van der Waals surface area contributed by atoms with Crippen LogP contribution in [0.15, 0.2) is 35.7 Å². The van der Waals surface area contributed by atoms with Crippen LogP contribution >= 0.6 is 11.3 Å². The van der Waals surface area contributed by atoms with Gasteiger partial charge in [0.25, 0.3) is 0 Å². The number of benzene rings is 1. The van der Waals surface area contributed by atoms with Gasteiger partial charge in [-0.25, -0.2) is 0 Å². The first-order valence-electron chi connectivity index (χ1n) is 19.1. The lowest BCUT2D eigenvalue weighted by Crippen LogP contribution is -2.41.